The Morgan fingerprint density at radius 3 is 2.81 bits per heavy atom. The van der Waals surface area contributed by atoms with Gasteiger partial charge in [-0.05, 0) is 54.2 Å². The van der Waals surface area contributed by atoms with Gasteiger partial charge in [-0.2, -0.15) is 5.10 Å². The number of halogens is 2. The van der Waals surface area contributed by atoms with Crippen LogP contribution in [0.3, 0.4) is 0 Å². The summed E-state index contributed by atoms with van der Waals surface area (Å²) in [5.41, 5.74) is 2.27. The van der Waals surface area contributed by atoms with Gasteiger partial charge in [0, 0.05) is 23.9 Å². The van der Waals surface area contributed by atoms with Crippen LogP contribution >= 0.6 is 38.9 Å². The van der Waals surface area contributed by atoms with E-state index in [4.69, 9.17) is 11.6 Å². The minimum atomic E-state index is 0.232. The molecule has 0 fully saturated rings. The highest BCUT2D eigenvalue weighted by Gasteiger charge is 2.21. The first kappa shape index (κ1) is 17.0. The summed E-state index contributed by atoms with van der Waals surface area (Å²) < 4.78 is 3.18. The summed E-state index contributed by atoms with van der Waals surface area (Å²) in [6.45, 7) is 8.19. The average Bonchev–Trinajstić information content (AvgIpc) is 3.01. The number of hydrogen-bond donors (Lipinski definition) is 1. The van der Waals surface area contributed by atoms with Crippen molar-refractivity contribution in [2.75, 3.05) is 6.54 Å². The van der Waals surface area contributed by atoms with Crippen molar-refractivity contribution >= 4 is 38.9 Å². The van der Waals surface area contributed by atoms with Crippen LogP contribution in [0.2, 0.25) is 5.02 Å². The summed E-state index contributed by atoms with van der Waals surface area (Å²) >= 11 is 11.7. The fourth-order valence-corrected chi connectivity index (χ4v) is 4.10. The molecule has 2 aromatic rings. The van der Waals surface area contributed by atoms with Crippen LogP contribution in [-0.4, -0.2) is 16.3 Å². The van der Waals surface area contributed by atoms with Crippen LogP contribution < -0.4 is 5.32 Å². The molecule has 0 saturated carbocycles. The van der Waals surface area contributed by atoms with E-state index >= 15 is 0 Å². The summed E-state index contributed by atoms with van der Waals surface area (Å²) in [4.78, 5) is 1.21. The molecule has 0 amide bonds. The number of nitrogens with zero attached hydrogens (tertiary/aromatic N) is 2. The molecule has 1 unspecified atom stereocenters. The summed E-state index contributed by atoms with van der Waals surface area (Å²) in [6.07, 6.45) is 1.99. The highest BCUT2D eigenvalue weighted by Crippen LogP contribution is 2.33. The Morgan fingerprint density at radius 1 is 1.48 bits per heavy atom. The molecule has 0 spiro atoms. The number of hydrogen-bond acceptors (Lipinski definition) is 3. The molecular weight excluding hydrogens is 370 g/mol. The van der Waals surface area contributed by atoms with Crippen molar-refractivity contribution in [3.63, 3.8) is 0 Å². The molecule has 0 radical (unpaired) electrons. The quantitative estimate of drug-likeness (QED) is 0.723. The SMILES string of the molecule is CCCNC(Cc1c(Br)c(C)nn1CC)c1sccc1Cl. The fourth-order valence-electron chi connectivity index (χ4n) is 2.39. The molecule has 6 heteroatoms. The van der Waals surface area contributed by atoms with Crippen LogP contribution in [0.5, 0.6) is 0 Å². The van der Waals surface area contributed by atoms with Gasteiger partial charge in [0.2, 0.25) is 0 Å². The van der Waals surface area contributed by atoms with Gasteiger partial charge in [0.05, 0.1) is 20.9 Å². The van der Waals surface area contributed by atoms with Crippen molar-refractivity contribution in [2.45, 2.75) is 46.2 Å². The second kappa shape index (κ2) is 7.77. The van der Waals surface area contributed by atoms with E-state index < -0.39 is 0 Å². The molecule has 1 N–H and O–H groups in total. The summed E-state index contributed by atoms with van der Waals surface area (Å²) in [5, 5.41) is 11.1. The van der Waals surface area contributed by atoms with Gasteiger partial charge in [0.15, 0.2) is 0 Å². The lowest BCUT2D eigenvalue weighted by Crippen LogP contribution is -2.24. The van der Waals surface area contributed by atoms with Gasteiger partial charge >= 0.3 is 0 Å². The minimum Gasteiger partial charge on any atom is -0.309 e. The van der Waals surface area contributed by atoms with E-state index in [0.717, 1.165) is 41.1 Å². The third-order valence-electron chi connectivity index (χ3n) is 3.45. The Hall–Kier alpha value is -0.360. The summed E-state index contributed by atoms with van der Waals surface area (Å²) in [7, 11) is 0. The Kier molecular flexibility index (Phi) is 6.29. The molecule has 0 saturated heterocycles. The molecule has 0 aliphatic heterocycles. The third-order valence-corrected chi connectivity index (χ3v) is 5.96. The first-order valence-corrected chi connectivity index (χ1v) is 9.31. The van der Waals surface area contributed by atoms with Crippen molar-refractivity contribution in [2.24, 2.45) is 0 Å². The van der Waals surface area contributed by atoms with E-state index in [1.54, 1.807) is 11.3 Å². The zero-order valence-electron chi connectivity index (χ0n) is 12.6. The highest BCUT2D eigenvalue weighted by molar-refractivity contribution is 9.10. The van der Waals surface area contributed by atoms with Crippen LogP contribution in [0.1, 0.15) is 42.6 Å². The lowest BCUT2D eigenvalue weighted by molar-refractivity contribution is 0.507. The molecular formula is C15H21BrClN3S. The number of rotatable bonds is 7. The second-order valence-electron chi connectivity index (χ2n) is 5.01. The Balaban J connectivity index is 2.29. The number of aryl methyl sites for hydroxylation is 2. The highest BCUT2D eigenvalue weighted by atomic mass is 79.9. The maximum Gasteiger partial charge on any atom is 0.0738 e. The molecule has 1 atom stereocenters. The van der Waals surface area contributed by atoms with Crippen molar-refractivity contribution in [3.8, 4) is 0 Å². The predicted molar refractivity (Wildman–Crippen MR) is 94.4 cm³/mol. The first-order chi connectivity index (χ1) is 10.1. The predicted octanol–water partition coefficient (Wildman–Crippen LogP) is 4.97. The van der Waals surface area contributed by atoms with E-state index in [0.29, 0.717) is 0 Å². The number of nitrogens with one attached hydrogen (secondary N) is 1. The van der Waals surface area contributed by atoms with Gasteiger partial charge in [-0.3, -0.25) is 4.68 Å². The van der Waals surface area contributed by atoms with E-state index in [2.05, 4.69) is 50.3 Å². The summed E-state index contributed by atoms with van der Waals surface area (Å²) in [5.74, 6) is 0. The molecule has 2 aromatic heterocycles. The monoisotopic (exact) mass is 389 g/mol. The van der Waals surface area contributed by atoms with Crippen molar-refractivity contribution in [1.29, 1.82) is 0 Å². The number of aromatic nitrogens is 2. The molecule has 0 aromatic carbocycles. The molecule has 116 valence electrons. The van der Waals surface area contributed by atoms with Crippen LogP contribution in [0, 0.1) is 6.92 Å². The molecule has 3 nitrogen and oxygen atoms in total. The topological polar surface area (TPSA) is 29.9 Å². The Morgan fingerprint density at radius 2 is 2.24 bits per heavy atom. The van der Waals surface area contributed by atoms with Gasteiger partial charge in [-0.15, -0.1) is 11.3 Å². The maximum absolute atomic E-state index is 6.33. The van der Waals surface area contributed by atoms with Gasteiger partial charge in [-0.1, -0.05) is 18.5 Å². The average molecular weight is 391 g/mol. The van der Waals surface area contributed by atoms with Gasteiger partial charge in [0.25, 0.3) is 0 Å². The molecule has 2 rings (SSSR count). The lowest BCUT2D eigenvalue weighted by atomic mass is 10.1. The molecule has 0 aliphatic rings. The van der Waals surface area contributed by atoms with Crippen LogP contribution in [0.25, 0.3) is 0 Å². The van der Waals surface area contributed by atoms with E-state index in [9.17, 15) is 0 Å². The smallest absolute Gasteiger partial charge is 0.0738 e. The van der Waals surface area contributed by atoms with Crippen LogP contribution in [0.15, 0.2) is 15.9 Å². The van der Waals surface area contributed by atoms with Crippen molar-refractivity contribution in [1.82, 2.24) is 15.1 Å². The third kappa shape index (κ3) is 3.89. The van der Waals surface area contributed by atoms with Gasteiger partial charge in [-0.25, -0.2) is 0 Å². The van der Waals surface area contributed by atoms with E-state index in [-0.39, 0.29) is 6.04 Å². The standard InChI is InChI=1S/C15H21BrClN3S/c1-4-7-18-12(15-11(17)6-8-21-15)9-13-14(16)10(3)19-20(13)5-2/h6,8,12,18H,4-5,7,9H2,1-3H3. The second-order valence-corrected chi connectivity index (χ2v) is 7.15. The van der Waals surface area contributed by atoms with Crippen molar-refractivity contribution < 1.29 is 0 Å². The maximum atomic E-state index is 6.33. The molecule has 21 heavy (non-hydrogen) atoms. The van der Waals surface area contributed by atoms with Gasteiger partial charge < -0.3 is 5.32 Å². The minimum absolute atomic E-state index is 0.232. The van der Waals surface area contributed by atoms with Crippen molar-refractivity contribution in [3.05, 3.63) is 37.2 Å². The lowest BCUT2D eigenvalue weighted by Gasteiger charge is -2.19. The summed E-state index contributed by atoms with van der Waals surface area (Å²) in [6, 6.07) is 2.20. The Labute approximate surface area is 143 Å². The van der Waals surface area contributed by atoms with Crippen LogP contribution in [-0.2, 0) is 13.0 Å². The zero-order chi connectivity index (χ0) is 15.4. The Bertz CT molecular complexity index is 594. The van der Waals surface area contributed by atoms with E-state index in [1.807, 2.05) is 13.0 Å². The largest absolute Gasteiger partial charge is 0.309 e. The van der Waals surface area contributed by atoms with Crippen LogP contribution in [0.4, 0.5) is 0 Å². The zero-order valence-corrected chi connectivity index (χ0v) is 15.8. The van der Waals surface area contributed by atoms with Gasteiger partial charge in [0.1, 0.15) is 0 Å². The molecule has 0 bridgehead atoms. The fraction of sp³-hybridized carbons (Fsp3) is 0.533. The first-order valence-electron chi connectivity index (χ1n) is 7.26. The number of thiophene rings is 1. The molecule has 2 heterocycles. The van der Waals surface area contributed by atoms with E-state index in [1.165, 1.54) is 10.6 Å². The molecule has 0 aliphatic carbocycles. The normalized spacial score (nSPS) is 12.8.